The lowest BCUT2D eigenvalue weighted by Crippen LogP contribution is -2.49. The minimum Gasteiger partial charge on any atom is -0.497 e. The molecule has 37 heavy (non-hydrogen) atoms. The van der Waals surface area contributed by atoms with Crippen LogP contribution in [-0.2, 0) is 9.59 Å². The van der Waals surface area contributed by atoms with Crippen LogP contribution in [0.2, 0.25) is 5.02 Å². The first-order chi connectivity index (χ1) is 17.8. The largest absolute Gasteiger partial charge is 0.497 e. The molecule has 1 aliphatic carbocycles. The van der Waals surface area contributed by atoms with Crippen LogP contribution in [0.3, 0.4) is 0 Å². The third kappa shape index (κ3) is 4.99. The highest BCUT2D eigenvalue weighted by atomic mass is 35.5. The molecule has 3 N–H and O–H groups in total. The van der Waals surface area contributed by atoms with Crippen molar-refractivity contribution in [1.82, 2.24) is 20.5 Å². The number of amides is 3. The van der Waals surface area contributed by atoms with Crippen LogP contribution in [0.15, 0.2) is 18.2 Å². The Morgan fingerprint density at radius 1 is 1.30 bits per heavy atom. The van der Waals surface area contributed by atoms with E-state index in [2.05, 4.69) is 21.7 Å². The van der Waals surface area contributed by atoms with Crippen molar-refractivity contribution in [2.45, 2.75) is 63.5 Å². The van der Waals surface area contributed by atoms with Crippen LogP contribution >= 0.6 is 11.6 Å². The first-order valence-electron chi connectivity index (χ1n) is 13.0. The fourth-order valence-corrected chi connectivity index (χ4v) is 6.56. The highest BCUT2D eigenvalue weighted by molar-refractivity contribution is 6.35. The Balaban J connectivity index is 1.39. The lowest BCUT2D eigenvalue weighted by Gasteiger charge is -2.32. The summed E-state index contributed by atoms with van der Waals surface area (Å²) in [6, 6.07) is 5.89. The number of halogens is 1. The Labute approximate surface area is 220 Å². The molecule has 1 aromatic carbocycles. The number of nitrogens with zero attached hydrogens (tertiary/aromatic N) is 2. The molecular weight excluding hydrogens is 494 g/mol. The quantitative estimate of drug-likeness (QED) is 0.531. The van der Waals surface area contributed by atoms with Crippen LogP contribution in [0.4, 0.5) is 0 Å². The monoisotopic (exact) mass is 525 g/mol. The van der Waals surface area contributed by atoms with Crippen molar-refractivity contribution in [3.8, 4) is 11.8 Å². The Morgan fingerprint density at radius 3 is 2.76 bits per heavy atom. The van der Waals surface area contributed by atoms with Crippen LogP contribution in [0.5, 0.6) is 5.75 Å². The maximum absolute atomic E-state index is 13.8. The van der Waals surface area contributed by atoms with Gasteiger partial charge in [0, 0.05) is 30.5 Å². The van der Waals surface area contributed by atoms with Gasteiger partial charge >= 0.3 is 0 Å². The lowest BCUT2D eigenvalue weighted by molar-refractivity contribution is -0.126. The van der Waals surface area contributed by atoms with Crippen molar-refractivity contribution in [1.29, 1.82) is 5.26 Å². The number of carbonyl (C=O) groups is 3. The third-order valence-corrected chi connectivity index (χ3v) is 8.56. The predicted octanol–water partition coefficient (Wildman–Crippen LogP) is 3.53. The molecule has 3 fully saturated rings. The summed E-state index contributed by atoms with van der Waals surface area (Å²) in [4.78, 5) is 44.2. The van der Waals surface area contributed by atoms with Crippen LogP contribution in [0.1, 0.15) is 61.9 Å². The van der Waals surface area contributed by atoms with Crippen LogP contribution < -0.4 is 15.4 Å². The van der Waals surface area contributed by atoms with Gasteiger partial charge in [-0.15, -0.1) is 0 Å². The number of aromatic amines is 1. The fourth-order valence-electron chi connectivity index (χ4n) is 6.30. The van der Waals surface area contributed by atoms with E-state index in [4.69, 9.17) is 16.3 Å². The van der Waals surface area contributed by atoms with E-state index in [1.165, 1.54) is 0 Å². The number of H-pyrrole nitrogens is 1. The van der Waals surface area contributed by atoms with E-state index in [1.54, 1.807) is 24.1 Å². The number of ether oxygens (including phenoxy) is 1. The number of nitrogens with one attached hydrogen (secondary N) is 3. The van der Waals surface area contributed by atoms with Crippen molar-refractivity contribution < 1.29 is 19.1 Å². The predicted molar refractivity (Wildman–Crippen MR) is 138 cm³/mol. The van der Waals surface area contributed by atoms with E-state index in [0.29, 0.717) is 47.9 Å². The number of benzene rings is 1. The molecule has 2 saturated heterocycles. The molecule has 3 unspecified atom stereocenters. The molecule has 9 nitrogen and oxygen atoms in total. The number of rotatable bonds is 6. The zero-order chi connectivity index (χ0) is 26.2. The fraction of sp³-hybridized carbons (Fsp3) is 0.556. The summed E-state index contributed by atoms with van der Waals surface area (Å²) >= 11 is 6.41. The Bertz CT molecular complexity index is 1260. The van der Waals surface area contributed by atoms with Gasteiger partial charge in [0.05, 0.1) is 23.7 Å². The Kier molecular flexibility index (Phi) is 7.04. The van der Waals surface area contributed by atoms with Gasteiger partial charge in [0.1, 0.15) is 23.5 Å². The highest BCUT2D eigenvalue weighted by Crippen LogP contribution is 2.47. The third-order valence-electron chi connectivity index (χ3n) is 8.26. The van der Waals surface area contributed by atoms with Gasteiger partial charge in [0.15, 0.2) is 0 Å². The van der Waals surface area contributed by atoms with Gasteiger partial charge in [-0.2, -0.15) is 5.26 Å². The zero-order valence-corrected chi connectivity index (χ0v) is 21.7. The first kappa shape index (κ1) is 25.4. The molecule has 1 spiro atoms. The number of likely N-dealkylation sites (tertiary alicyclic amines) is 1. The molecular formula is C27H32ClN5O4. The minimum absolute atomic E-state index is 0.0811. The van der Waals surface area contributed by atoms with E-state index < -0.39 is 12.1 Å². The molecule has 5 rings (SSSR count). The van der Waals surface area contributed by atoms with E-state index >= 15 is 0 Å². The number of hydrogen-bond acceptors (Lipinski definition) is 5. The molecule has 196 valence electrons. The van der Waals surface area contributed by atoms with E-state index in [0.717, 1.165) is 37.5 Å². The summed E-state index contributed by atoms with van der Waals surface area (Å²) < 4.78 is 5.30. The molecule has 3 heterocycles. The molecule has 0 bridgehead atoms. The van der Waals surface area contributed by atoms with Gasteiger partial charge in [-0.1, -0.05) is 30.9 Å². The highest BCUT2D eigenvalue weighted by Gasteiger charge is 2.49. The lowest BCUT2D eigenvalue weighted by atomic mass is 9.72. The maximum atomic E-state index is 13.8. The van der Waals surface area contributed by atoms with Crippen molar-refractivity contribution in [2.75, 3.05) is 20.2 Å². The molecule has 0 radical (unpaired) electrons. The summed E-state index contributed by atoms with van der Waals surface area (Å²) in [5.41, 5.74) is 0.893. The van der Waals surface area contributed by atoms with E-state index in [9.17, 15) is 19.6 Å². The van der Waals surface area contributed by atoms with Crippen molar-refractivity contribution in [3.05, 3.63) is 28.9 Å². The second kappa shape index (κ2) is 10.3. The van der Waals surface area contributed by atoms with Crippen LogP contribution in [0.25, 0.3) is 10.9 Å². The van der Waals surface area contributed by atoms with Gasteiger partial charge in [-0.3, -0.25) is 14.4 Å². The summed E-state index contributed by atoms with van der Waals surface area (Å²) in [7, 11) is 1.56. The van der Waals surface area contributed by atoms with E-state index in [1.807, 2.05) is 6.07 Å². The smallest absolute Gasteiger partial charge is 0.271 e. The van der Waals surface area contributed by atoms with Crippen molar-refractivity contribution in [3.63, 3.8) is 0 Å². The molecule has 3 aliphatic rings. The number of hydrogen-bond donors (Lipinski definition) is 3. The summed E-state index contributed by atoms with van der Waals surface area (Å²) in [6.07, 6.45) is 6.75. The minimum atomic E-state index is -0.791. The second-order valence-electron chi connectivity index (χ2n) is 10.7. The zero-order valence-electron chi connectivity index (χ0n) is 20.9. The van der Waals surface area contributed by atoms with Crippen molar-refractivity contribution >= 4 is 40.2 Å². The van der Waals surface area contributed by atoms with Crippen molar-refractivity contribution in [2.24, 2.45) is 11.3 Å². The van der Waals surface area contributed by atoms with Crippen LogP contribution in [-0.4, -0.2) is 59.9 Å². The molecule has 1 aromatic heterocycles. The second-order valence-corrected chi connectivity index (χ2v) is 11.1. The maximum Gasteiger partial charge on any atom is 0.271 e. The van der Waals surface area contributed by atoms with Crippen LogP contribution in [0, 0.1) is 22.7 Å². The summed E-state index contributed by atoms with van der Waals surface area (Å²) in [5.74, 6) is -0.380. The molecule has 1 saturated carbocycles. The Morgan fingerprint density at radius 2 is 2.08 bits per heavy atom. The number of methoxy groups -OCH3 is 1. The van der Waals surface area contributed by atoms with Gasteiger partial charge in [0.25, 0.3) is 5.91 Å². The summed E-state index contributed by atoms with van der Waals surface area (Å²) in [5, 5.41) is 16.5. The summed E-state index contributed by atoms with van der Waals surface area (Å²) in [6.45, 7) is 1.09. The SMILES string of the molecule is COc1cc(Cl)c2[nH]c(C(=O)N3CC4(CCCCC4)CC3C(=O)NC(C#N)CC3CCNC3=O)cc2c1. The Hall–Kier alpha value is -3.25. The van der Waals surface area contributed by atoms with Gasteiger partial charge in [-0.25, -0.2) is 0 Å². The molecule has 10 heteroatoms. The number of aromatic nitrogens is 1. The number of carbonyl (C=O) groups excluding carboxylic acids is 3. The van der Waals surface area contributed by atoms with Gasteiger partial charge in [0.2, 0.25) is 11.8 Å². The average molecular weight is 526 g/mol. The topological polar surface area (TPSA) is 127 Å². The first-order valence-corrected chi connectivity index (χ1v) is 13.4. The van der Waals surface area contributed by atoms with Gasteiger partial charge in [-0.05, 0) is 49.7 Å². The standard InChI is InChI=1S/C27H32ClN5O4/c1-37-19-10-17-11-21(32-23(17)20(28)12-19)26(36)33-15-27(6-3-2-4-7-27)13-22(33)25(35)31-18(14-29)9-16-5-8-30-24(16)34/h10-12,16,18,22,32H,2-9,13,15H2,1H3,(H,30,34)(H,31,35). The molecule has 2 aliphatic heterocycles. The molecule has 2 aromatic rings. The van der Waals surface area contributed by atoms with E-state index in [-0.39, 0.29) is 35.5 Å². The number of fused-ring (bicyclic) bond motifs is 1. The van der Waals surface area contributed by atoms with Gasteiger partial charge < -0.3 is 25.3 Å². The number of nitriles is 1. The normalized spacial score (nSPS) is 23.6. The molecule has 3 atom stereocenters. The average Bonchev–Trinajstić information content (AvgIpc) is 3.61. The molecule has 3 amide bonds.